The van der Waals surface area contributed by atoms with Crippen molar-refractivity contribution in [2.45, 2.75) is 20.8 Å². The van der Waals surface area contributed by atoms with Crippen molar-refractivity contribution in [3.05, 3.63) is 52.0 Å². The second-order valence-corrected chi connectivity index (χ2v) is 6.27. The Labute approximate surface area is 167 Å². The van der Waals surface area contributed by atoms with E-state index < -0.39 is 0 Å². The Morgan fingerprint density at radius 1 is 1.00 bits per heavy atom. The molecular formula is C20H23BrN2O4. The summed E-state index contributed by atoms with van der Waals surface area (Å²) in [5.41, 5.74) is 3.76. The minimum absolute atomic E-state index is 0.367. The van der Waals surface area contributed by atoms with Gasteiger partial charge in [0, 0.05) is 10.0 Å². The smallest absolute Gasteiger partial charge is 0.271 e. The number of hydrogen-bond acceptors (Lipinski definition) is 5. The molecule has 2 aromatic rings. The highest BCUT2D eigenvalue weighted by Crippen LogP contribution is 2.39. The van der Waals surface area contributed by atoms with Crippen LogP contribution in [0, 0.1) is 0 Å². The molecule has 0 saturated carbocycles. The molecule has 0 aliphatic carbocycles. The second-order valence-electron chi connectivity index (χ2n) is 5.35. The molecule has 7 heteroatoms. The number of hydrazone groups is 1. The van der Waals surface area contributed by atoms with E-state index in [4.69, 9.17) is 14.2 Å². The molecular weight excluding hydrogens is 412 g/mol. The van der Waals surface area contributed by atoms with Gasteiger partial charge in [-0.2, -0.15) is 5.10 Å². The highest BCUT2D eigenvalue weighted by molar-refractivity contribution is 9.10. The number of rotatable bonds is 9. The molecule has 0 bridgehead atoms. The highest BCUT2D eigenvalue weighted by Gasteiger charge is 2.18. The number of amides is 1. The number of ether oxygens (including phenoxy) is 3. The average Bonchev–Trinajstić information content (AvgIpc) is 2.66. The van der Waals surface area contributed by atoms with Gasteiger partial charge in [-0.15, -0.1) is 0 Å². The first-order valence-corrected chi connectivity index (χ1v) is 9.53. The monoisotopic (exact) mass is 434 g/mol. The summed E-state index contributed by atoms with van der Waals surface area (Å²) in [6.07, 6.45) is 1.58. The summed E-state index contributed by atoms with van der Waals surface area (Å²) in [5.74, 6) is 1.06. The van der Waals surface area contributed by atoms with Crippen LogP contribution in [0.25, 0.3) is 0 Å². The van der Waals surface area contributed by atoms with Gasteiger partial charge in [-0.3, -0.25) is 4.79 Å². The van der Waals surface area contributed by atoms with E-state index in [9.17, 15) is 4.79 Å². The van der Waals surface area contributed by atoms with Crippen molar-refractivity contribution in [1.29, 1.82) is 0 Å². The molecule has 1 amide bonds. The Kier molecular flexibility index (Phi) is 8.13. The Hall–Kier alpha value is -2.54. The zero-order valence-electron chi connectivity index (χ0n) is 15.6. The molecule has 2 aromatic carbocycles. The van der Waals surface area contributed by atoms with E-state index >= 15 is 0 Å². The fourth-order valence-corrected chi connectivity index (χ4v) is 2.56. The van der Waals surface area contributed by atoms with E-state index in [-0.39, 0.29) is 5.91 Å². The molecule has 144 valence electrons. The van der Waals surface area contributed by atoms with Gasteiger partial charge in [-0.1, -0.05) is 28.1 Å². The normalized spacial score (nSPS) is 10.7. The maximum Gasteiger partial charge on any atom is 0.271 e. The predicted molar refractivity (Wildman–Crippen MR) is 109 cm³/mol. The van der Waals surface area contributed by atoms with Gasteiger partial charge >= 0.3 is 0 Å². The number of benzene rings is 2. The SMILES string of the molecule is CCOc1cc(C(=O)N/N=C\c2ccc(Br)cc2)cc(OCC)c1OCC. The standard InChI is InChI=1S/C20H23BrN2O4/c1-4-25-17-11-15(12-18(26-5-2)19(17)27-6-3)20(24)23-22-13-14-7-9-16(21)10-8-14/h7-13H,4-6H2,1-3H3,(H,23,24)/b22-13-. The summed E-state index contributed by atoms with van der Waals surface area (Å²) in [5, 5.41) is 4.00. The van der Waals surface area contributed by atoms with Crippen LogP contribution in [0.15, 0.2) is 46.0 Å². The van der Waals surface area contributed by atoms with Gasteiger partial charge in [-0.25, -0.2) is 5.43 Å². The lowest BCUT2D eigenvalue weighted by atomic mass is 10.1. The summed E-state index contributed by atoms with van der Waals surface area (Å²) in [7, 11) is 0. The van der Waals surface area contributed by atoms with Crippen molar-refractivity contribution in [2.75, 3.05) is 19.8 Å². The van der Waals surface area contributed by atoms with Crippen LogP contribution in [-0.2, 0) is 0 Å². The third kappa shape index (κ3) is 5.99. The Morgan fingerprint density at radius 3 is 2.07 bits per heavy atom. The minimum atomic E-state index is -0.367. The quantitative estimate of drug-likeness (QED) is 0.468. The topological polar surface area (TPSA) is 69.2 Å². The van der Waals surface area contributed by atoms with Crippen LogP contribution in [0.4, 0.5) is 0 Å². The first-order valence-electron chi connectivity index (χ1n) is 8.74. The number of halogens is 1. The molecule has 2 rings (SSSR count). The van der Waals surface area contributed by atoms with Crippen LogP contribution in [0.5, 0.6) is 17.2 Å². The van der Waals surface area contributed by atoms with Crippen molar-refractivity contribution >= 4 is 28.1 Å². The summed E-state index contributed by atoms with van der Waals surface area (Å²) in [4.78, 5) is 12.5. The van der Waals surface area contributed by atoms with Crippen molar-refractivity contribution in [2.24, 2.45) is 5.10 Å². The lowest BCUT2D eigenvalue weighted by molar-refractivity contribution is 0.0954. The maximum absolute atomic E-state index is 12.5. The van der Waals surface area contributed by atoms with Gasteiger partial charge in [-0.05, 0) is 50.6 Å². The van der Waals surface area contributed by atoms with Crippen LogP contribution in [-0.4, -0.2) is 31.9 Å². The van der Waals surface area contributed by atoms with Gasteiger partial charge in [0.05, 0.1) is 26.0 Å². The lowest BCUT2D eigenvalue weighted by Crippen LogP contribution is -2.18. The van der Waals surface area contributed by atoms with E-state index in [0.717, 1.165) is 10.0 Å². The van der Waals surface area contributed by atoms with Gasteiger partial charge in [0.25, 0.3) is 5.91 Å². The predicted octanol–water partition coefficient (Wildman–Crippen LogP) is 4.41. The van der Waals surface area contributed by atoms with Crippen molar-refractivity contribution in [1.82, 2.24) is 5.43 Å². The maximum atomic E-state index is 12.5. The molecule has 0 atom stereocenters. The van der Waals surface area contributed by atoms with E-state index in [1.165, 1.54) is 0 Å². The lowest BCUT2D eigenvalue weighted by Gasteiger charge is -2.16. The van der Waals surface area contributed by atoms with Crippen LogP contribution >= 0.6 is 15.9 Å². The first kappa shape index (κ1) is 20.8. The molecule has 1 N–H and O–H groups in total. The third-order valence-electron chi connectivity index (χ3n) is 3.42. The Morgan fingerprint density at radius 2 is 1.56 bits per heavy atom. The molecule has 6 nitrogen and oxygen atoms in total. The molecule has 0 radical (unpaired) electrons. The fourth-order valence-electron chi connectivity index (χ4n) is 2.30. The zero-order valence-corrected chi connectivity index (χ0v) is 17.2. The molecule has 0 spiro atoms. The van der Waals surface area contributed by atoms with E-state index in [0.29, 0.717) is 42.6 Å². The number of carbonyl (C=O) groups is 1. The molecule has 0 aromatic heterocycles. The highest BCUT2D eigenvalue weighted by atomic mass is 79.9. The van der Waals surface area contributed by atoms with E-state index in [2.05, 4.69) is 26.5 Å². The Balaban J connectivity index is 2.21. The van der Waals surface area contributed by atoms with Crippen LogP contribution < -0.4 is 19.6 Å². The molecule has 0 heterocycles. The summed E-state index contributed by atoms with van der Waals surface area (Å²) in [6.45, 7) is 6.96. The third-order valence-corrected chi connectivity index (χ3v) is 3.95. The summed E-state index contributed by atoms with van der Waals surface area (Å²) in [6, 6.07) is 10.8. The van der Waals surface area contributed by atoms with Gasteiger partial charge < -0.3 is 14.2 Å². The number of nitrogens with one attached hydrogen (secondary N) is 1. The number of hydrogen-bond donors (Lipinski definition) is 1. The van der Waals surface area contributed by atoms with Crippen molar-refractivity contribution in [3.8, 4) is 17.2 Å². The molecule has 0 unspecified atom stereocenters. The van der Waals surface area contributed by atoms with Crippen LogP contribution in [0.3, 0.4) is 0 Å². The van der Waals surface area contributed by atoms with Gasteiger partial charge in [0.1, 0.15) is 0 Å². The van der Waals surface area contributed by atoms with Crippen LogP contribution in [0.2, 0.25) is 0 Å². The number of carbonyl (C=O) groups excluding carboxylic acids is 1. The van der Waals surface area contributed by atoms with Crippen molar-refractivity contribution in [3.63, 3.8) is 0 Å². The largest absolute Gasteiger partial charge is 0.490 e. The van der Waals surface area contributed by atoms with Crippen molar-refractivity contribution < 1.29 is 19.0 Å². The Bertz CT molecular complexity index is 764. The number of nitrogens with zero attached hydrogens (tertiary/aromatic N) is 1. The van der Waals surface area contributed by atoms with E-state index in [1.54, 1.807) is 18.3 Å². The minimum Gasteiger partial charge on any atom is -0.490 e. The molecule has 0 saturated heterocycles. The van der Waals surface area contributed by atoms with E-state index in [1.807, 2.05) is 45.0 Å². The second kappa shape index (κ2) is 10.6. The zero-order chi connectivity index (χ0) is 19.6. The molecule has 27 heavy (non-hydrogen) atoms. The molecule has 0 aliphatic heterocycles. The molecule has 0 fully saturated rings. The average molecular weight is 435 g/mol. The molecule has 0 aliphatic rings. The fraction of sp³-hybridized carbons (Fsp3) is 0.300. The summed E-state index contributed by atoms with van der Waals surface area (Å²) >= 11 is 3.37. The van der Waals surface area contributed by atoms with Crippen LogP contribution in [0.1, 0.15) is 36.7 Å². The summed E-state index contributed by atoms with van der Waals surface area (Å²) < 4.78 is 17.9. The van der Waals surface area contributed by atoms with Gasteiger partial charge in [0.2, 0.25) is 5.75 Å². The first-order chi connectivity index (χ1) is 13.1. The van der Waals surface area contributed by atoms with Gasteiger partial charge in [0.15, 0.2) is 11.5 Å².